The Morgan fingerprint density at radius 3 is 2.37 bits per heavy atom. The SMILES string of the molecule is CN(c1ccccc1)S(=O)(=O)c1cc(N)ccc1Br. The molecule has 0 fully saturated rings. The summed E-state index contributed by atoms with van der Waals surface area (Å²) in [7, 11) is -2.12. The predicted molar refractivity (Wildman–Crippen MR) is 80.6 cm³/mol. The van der Waals surface area contributed by atoms with Crippen LogP contribution in [0.15, 0.2) is 57.9 Å². The van der Waals surface area contributed by atoms with Crippen LogP contribution in [-0.4, -0.2) is 15.5 Å². The first-order chi connectivity index (χ1) is 8.93. The van der Waals surface area contributed by atoms with Gasteiger partial charge in [0.25, 0.3) is 10.0 Å². The maximum Gasteiger partial charge on any atom is 0.265 e. The van der Waals surface area contributed by atoms with Gasteiger partial charge in [0.1, 0.15) is 4.90 Å². The maximum atomic E-state index is 12.5. The average molecular weight is 341 g/mol. The molecule has 0 heterocycles. The number of anilines is 2. The molecule has 0 aliphatic heterocycles. The lowest BCUT2D eigenvalue weighted by Crippen LogP contribution is -2.26. The summed E-state index contributed by atoms with van der Waals surface area (Å²) in [5, 5.41) is 0. The lowest BCUT2D eigenvalue weighted by molar-refractivity contribution is 0.594. The van der Waals surface area contributed by atoms with Crippen LogP contribution in [0.1, 0.15) is 0 Å². The molecule has 2 N–H and O–H groups in total. The van der Waals surface area contributed by atoms with E-state index >= 15 is 0 Å². The van der Waals surface area contributed by atoms with E-state index in [1.807, 2.05) is 6.07 Å². The number of nitrogens with zero attached hydrogens (tertiary/aromatic N) is 1. The van der Waals surface area contributed by atoms with Gasteiger partial charge in [-0.05, 0) is 46.3 Å². The zero-order chi connectivity index (χ0) is 14.0. The molecule has 2 aromatic carbocycles. The summed E-state index contributed by atoms with van der Waals surface area (Å²) < 4.78 is 26.8. The summed E-state index contributed by atoms with van der Waals surface area (Å²) in [5.74, 6) is 0. The van der Waals surface area contributed by atoms with E-state index < -0.39 is 10.0 Å². The normalized spacial score (nSPS) is 11.3. The molecule has 4 nitrogen and oxygen atoms in total. The van der Waals surface area contributed by atoms with Gasteiger partial charge in [0.15, 0.2) is 0 Å². The molecule has 0 aliphatic carbocycles. The van der Waals surface area contributed by atoms with Gasteiger partial charge in [-0.25, -0.2) is 8.42 Å². The highest BCUT2D eigenvalue weighted by atomic mass is 79.9. The number of para-hydroxylation sites is 1. The van der Waals surface area contributed by atoms with Gasteiger partial charge in [-0.1, -0.05) is 18.2 Å². The van der Waals surface area contributed by atoms with Gasteiger partial charge in [0.2, 0.25) is 0 Å². The molecule has 0 atom stereocenters. The fourth-order valence-electron chi connectivity index (χ4n) is 1.64. The molecule has 0 amide bonds. The average Bonchev–Trinajstić information content (AvgIpc) is 2.41. The van der Waals surface area contributed by atoms with Crippen LogP contribution in [-0.2, 0) is 10.0 Å². The molecule has 0 bridgehead atoms. The largest absolute Gasteiger partial charge is 0.399 e. The summed E-state index contributed by atoms with van der Waals surface area (Å²) in [5.41, 5.74) is 6.66. The van der Waals surface area contributed by atoms with E-state index in [-0.39, 0.29) is 4.90 Å². The molecule has 0 aliphatic rings. The van der Waals surface area contributed by atoms with Crippen molar-refractivity contribution in [2.24, 2.45) is 0 Å². The second-order valence-corrected chi connectivity index (χ2v) is 6.79. The third-order valence-corrected chi connectivity index (χ3v) is 5.49. The Bertz CT molecular complexity index is 687. The molecule has 0 radical (unpaired) electrons. The molecule has 2 aromatic rings. The van der Waals surface area contributed by atoms with E-state index in [0.717, 1.165) is 0 Å². The molecule has 0 saturated carbocycles. The molecular weight excluding hydrogens is 328 g/mol. The van der Waals surface area contributed by atoms with Gasteiger partial charge in [-0.3, -0.25) is 4.31 Å². The van der Waals surface area contributed by atoms with Crippen LogP contribution in [0.25, 0.3) is 0 Å². The summed E-state index contributed by atoms with van der Waals surface area (Å²) >= 11 is 3.25. The molecule has 2 rings (SSSR count). The van der Waals surface area contributed by atoms with Crippen molar-refractivity contribution in [3.8, 4) is 0 Å². The number of nitrogens with two attached hydrogens (primary N) is 1. The standard InChI is InChI=1S/C13H13BrN2O2S/c1-16(11-5-3-2-4-6-11)19(17,18)13-9-10(15)7-8-12(13)14/h2-9H,15H2,1H3. The number of sulfonamides is 1. The van der Waals surface area contributed by atoms with Gasteiger partial charge < -0.3 is 5.73 Å². The third kappa shape index (κ3) is 2.74. The van der Waals surface area contributed by atoms with Crippen LogP contribution >= 0.6 is 15.9 Å². The van der Waals surface area contributed by atoms with Gasteiger partial charge in [-0.2, -0.15) is 0 Å². The highest BCUT2D eigenvalue weighted by molar-refractivity contribution is 9.10. The zero-order valence-corrected chi connectivity index (χ0v) is 12.6. The van der Waals surface area contributed by atoms with Crippen molar-refractivity contribution in [2.45, 2.75) is 4.90 Å². The summed E-state index contributed by atoms with van der Waals surface area (Å²) in [6.45, 7) is 0. The number of benzene rings is 2. The third-order valence-electron chi connectivity index (χ3n) is 2.71. The molecule has 0 unspecified atom stereocenters. The fourth-order valence-corrected chi connectivity index (χ4v) is 3.80. The minimum Gasteiger partial charge on any atom is -0.399 e. The predicted octanol–water partition coefficient (Wildman–Crippen LogP) is 2.86. The van der Waals surface area contributed by atoms with E-state index in [1.165, 1.54) is 17.4 Å². The van der Waals surface area contributed by atoms with E-state index in [2.05, 4.69) is 15.9 Å². The molecule has 0 saturated heterocycles. The van der Waals surface area contributed by atoms with Crippen molar-refractivity contribution in [3.05, 3.63) is 53.0 Å². The lowest BCUT2D eigenvalue weighted by Gasteiger charge is -2.20. The van der Waals surface area contributed by atoms with E-state index in [1.54, 1.807) is 36.4 Å². The van der Waals surface area contributed by atoms with Gasteiger partial charge in [0.05, 0.1) is 5.69 Å². The molecule has 6 heteroatoms. The minimum atomic E-state index is -3.64. The Hall–Kier alpha value is -1.53. The topological polar surface area (TPSA) is 63.4 Å². The molecule has 0 spiro atoms. The number of hydrogen-bond acceptors (Lipinski definition) is 3. The number of halogens is 1. The Morgan fingerprint density at radius 2 is 1.74 bits per heavy atom. The highest BCUT2D eigenvalue weighted by Gasteiger charge is 2.23. The maximum absolute atomic E-state index is 12.5. The molecular formula is C13H13BrN2O2S. The number of hydrogen-bond donors (Lipinski definition) is 1. The first kappa shape index (κ1) is 13.9. The van der Waals surface area contributed by atoms with Crippen molar-refractivity contribution >= 4 is 37.3 Å². The van der Waals surface area contributed by atoms with Crippen LogP contribution < -0.4 is 10.0 Å². The summed E-state index contributed by atoms with van der Waals surface area (Å²) in [4.78, 5) is 0.152. The quantitative estimate of drug-likeness (QED) is 0.873. The van der Waals surface area contributed by atoms with Crippen molar-refractivity contribution in [2.75, 3.05) is 17.1 Å². The molecule has 100 valence electrons. The summed E-state index contributed by atoms with van der Waals surface area (Å²) in [6.07, 6.45) is 0. The van der Waals surface area contributed by atoms with Crippen molar-refractivity contribution < 1.29 is 8.42 Å². The molecule has 19 heavy (non-hydrogen) atoms. The fraction of sp³-hybridized carbons (Fsp3) is 0.0769. The van der Waals surface area contributed by atoms with E-state index in [9.17, 15) is 8.42 Å². The van der Waals surface area contributed by atoms with Gasteiger partial charge in [0, 0.05) is 17.2 Å². The van der Waals surface area contributed by atoms with Crippen molar-refractivity contribution in [3.63, 3.8) is 0 Å². The van der Waals surface area contributed by atoms with Crippen molar-refractivity contribution in [1.82, 2.24) is 0 Å². The second kappa shape index (κ2) is 5.22. The van der Waals surface area contributed by atoms with Crippen LogP contribution in [0.5, 0.6) is 0 Å². The number of rotatable bonds is 3. The van der Waals surface area contributed by atoms with Crippen LogP contribution in [0.3, 0.4) is 0 Å². The van der Waals surface area contributed by atoms with Crippen LogP contribution in [0.4, 0.5) is 11.4 Å². The van der Waals surface area contributed by atoms with Crippen LogP contribution in [0, 0.1) is 0 Å². The van der Waals surface area contributed by atoms with Crippen LogP contribution in [0.2, 0.25) is 0 Å². The smallest absolute Gasteiger partial charge is 0.265 e. The lowest BCUT2D eigenvalue weighted by atomic mass is 10.3. The number of nitrogen functional groups attached to an aromatic ring is 1. The van der Waals surface area contributed by atoms with Gasteiger partial charge >= 0.3 is 0 Å². The van der Waals surface area contributed by atoms with Crippen molar-refractivity contribution in [1.29, 1.82) is 0 Å². The molecule has 0 aromatic heterocycles. The second-order valence-electron chi connectivity index (χ2n) is 4.00. The zero-order valence-electron chi connectivity index (χ0n) is 10.2. The Kier molecular flexibility index (Phi) is 3.82. The minimum absolute atomic E-state index is 0.152. The Labute approximate surface area is 121 Å². The first-order valence-electron chi connectivity index (χ1n) is 5.52. The van der Waals surface area contributed by atoms with Gasteiger partial charge in [-0.15, -0.1) is 0 Å². The van der Waals surface area contributed by atoms with E-state index in [0.29, 0.717) is 15.8 Å². The first-order valence-corrected chi connectivity index (χ1v) is 7.75. The Balaban J connectivity index is 2.51. The highest BCUT2D eigenvalue weighted by Crippen LogP contribution is 2.29. The monoisotopic (exact) mass is 340 g/mol. The Morgan fingerprint density at radius 1 is 1.11 bits per heavy atom. The summed E-state index contributed by atoms with van der Waals surface area (Å²) in [6, 6.07) is 13.6. The van der Waals surface area contributed by atoms with E-state index in [4.69, 9.17) is 5.73 Å².